The Kier molecular flexibility index (Phi) is 6.49. The number of amides is 2. The third-order valence-corrected chi connectivity index (χ3v) is 3.13. The molecule has 1 aliphatic rings. The van der Waals surface area contributed by atoms with Crippen LogP contribution in [0.15, 0.2) is 0 Å². The zero-order valence-corrected chi connectivity index (χ0v) is 10.8. The Labute approximate surface area is 107 Å². The number of urea groups is 1. The predicted molar refractivity (Wildman–Crippen MR) is 66.5 cm³/mol. The summed E-state index contributed by atoms with van der Waals surface area (Å²) in [6.45, 7) is -0.0343. The Balaban J connectivity index is 2.36. The molecule has 0 heterocycles. The van der Waals surface area contributed by atoms with Crippen LogP contribution in [0.4, 0.5) is 4.79 Å². The second-order valence-corrected chi connectivity index (χ2v) is 4.65. The average molecular weight is 258 g/mol. The highest BCUT2D eigenvalue weighted by atomic mass is 16.5. The smallest absolute Gasteiger partial charge is 0.328 e. The van der Waals surface area contributed by atoms with Gasteiger partial charge in [0.15, 0.2) is 6.04 Å². The van der Waals surface area contributed by atoms with Crippen LogP contribution in [0, 0.1) is 0 Å². The van der Waals surface area contributed by atoms with E-state index < -0.39 is 18.0 Å². The first-order chi connectivity index (χ1) is 8.63. The Bertz CT molecular complexity index is 275. The van der Waals surface area contributed by atoms with Gasteiger partial charge in [0.1, 0.15) is 0 Å². The van der Waals surface area contributed by atoms with E-state index in [2.05, 4.69) is 10.6 Å². The van der Waals surface area contributed by atoms with Crippen molar-refractivity contribution in [1.82, 2.24) is 10.6 Å². The fourth-order valence-electron chi connectivity index (χ4n) is 2.15. The lowest BCUT2D eigenvalue weighted by Crippen LogP contribution is -2.50. The fourth-order valence-corrected chi connectivity index (χ4v) is 2.15. The second kappa shape index (κ2) is 7.92. The number of hydrogen-bond acceptors (Lipinski definition) is 3. The van der Waals surface area contributed by atoms with Gasteiger partial charge in [-0.05, 0) is 12.8 Å². The number of carboxylic acid groups (broad SMARTS) is 1. The third kappa shape index (κ3) is 5.35. The molecule has 1 atom stereocenters. The highest BCUT2D eigenvalue weighted by molar-refractivity contribution is 5.82. The van der Waals surface area contributed by atoms with Crippen molar-refractivity contribution in [2.75, 3.05) is 13.7 Å². The normalized spacial score (nSPS) is 18.7. The second-order valence-electron chi connectivity index (χ2n) is 4.65. The standard InChI is InChI=1S/C12H22N2O4/c1-18-8-10(11(15)16)14-12(17)13-9-6-4-2-3-5-7-9/h9-10H,2-8H2,1H3,(H,15,16)(H2,13,14,17). The van der Waals surface area contributed by atoms with E-state index in [0.29, 0.717) is 0 Å². The van der Waals surface area contributed by atoms with Crippen LogP contribution in [0.1, 0.15) is 38.5 Å². The molecule has 0 radical (unpaired) electrons. The number of aliphatic carboxylic acids is 1. The number of nitrogens with one attached hydrogen (secondary N) is 2. The van der Waals surface area contributed by atoms with Crippen LogP contribution in [-0.2, 0) is 9.53 Å². The summed E-state index contributed by atoms with van der Waals surface area (Å²) in [7, 11) is 1.40. The first-order valence-corrected chi connectivity index (χ1v) is 6.42. The number of carbonyl (C=O) groups excluding carboxylic acids is 1. The Morgan fingerprint density at radius 1 is 1.28 bits per heavy atom. The molecule has 0 aromatic rings. The molecule has 6 nitrogen and oxygen atoms in total. The van der Waals surface area contributed by atoms with Crippen molar-refractivity contribution in [2.45, 2.75) is 50.6 Å². The molecule has 1 saturated carbocycles. The molecule has 18 heavy (non-hydrogen) atoms. The minimum absolute atomic E-state index is 0.0343. The molecular formula is C12H22N2O4. The van der Waals surface area contributed by atoms with Crippen LogP contribution < -0.4 is 10.6 Å². The lowest BCUT2D eigenvalue weighted by atomic mass is 10.1. The number of carboxylic acids is 1. The van der Waals surface area contributed by atoms with E-state index in [0.717, 1.165) is 25.7 Å². The van der Waals surface area contributed by atoms with E-state index >= 15 is 0 Å². The molecule has 0 spiro atoms. The predicted octanol–water partition coefficient (Wildman–Crippen LogP) is 1.11. The summed E-state index contributed by atoms with van der Waals surface area (Å²) < 4.78 is 4.75. The van der Waals surface area contributed by atoms with Gasteiger partial charge < -0.3 is 20.5 Å². The van der Waals surface area contributed by atoms with E-state index in [1.165, 1.54) is 20.0 Å². The van der Waals surface area contributed by atoms with Crippen molar-refractivity contribution in [3.8, 4) is 0 Å². The van der Waals surface area contributed by atoms with Gasteiger partial charge in [0.2, 0.25) is 0 Å². The van der Waals surface area contributed by atoms with Gasteiger partial charge in [0.05, 0.1) is 6.61 Å². The highest BCUT2D eigenvalue weighted by Gasteiger charge is 2.21. The van der Waals surface area contributed by atoms with Crippen LogP contribution in [0.3, 0.4) is 0 Å². The molecule has 1 rings (SSSR count). The van der Waals surface area contributed by atoms with Crippen molar-refractivity contribution in [1.29, 1.82) is 0 Å². The maximum atomic E-state index is 11.7. The van der Waals surface area contributed by atoms with Crippen molar-refractivity contribution < 1.29 is 19.4 Å². The number of hydrogen-bond donors (Lipinski definition) is 3. The molecule has 0 aromatic heterocycles. The summed E-state index contributed by atoms with van der Waals surface area (Å²) in [6.07, 6.45) is 6.59. The molecule has 3 N–H and O–H groups in total. The SMILES string of the molecule is COCC(NC(=O)NC1CCCCCC1)C(=O)O. The van der Waals surface area contributed by atoms with Crippen molar-refractivity contribution >= 4 is 12.0 Å². The lowest BCUT2D eigenvalue weighted by molar-refractivity contribution is -0.140. The zero-order valence-electron chi connectivity index (χ0n) is 10.8. The van der Waals surface area contributed by atoms with Crippen LogP contribution in [0.5, 0.6) is 0 Å². The lowest BCUT2D eigenvalue weighted by Gasteiger charge is -2.19. The molecule has 0 aliphatic heterocycles. The summed E-state index contributed by atoms with van der Waals surface area (Å²) in [5, 5.41) is 14.1. The highest BCUT2D eigenvalue weighted by Crippen LogP contribution is 2.16. The minimum atomic E-state index is -1.09. The fraction of sp³-hybridized carbons (Fsp3) is 0.833. The third-order valence-electron chi connectivity index (χ3n) is 3.13. The summed E-state index contributed by atoms with van der Waals surface area (Å²) in [6, 6.07) is -1.27. The quantitative estimate of drug-likeness (QED) is 0.645. The van der Waals surface area contributed by atoms with E-state index in [1.807, 2.05) is 0 Å². The summed E-state index contributed by atoms with van der Waals surface area (Å²) in [4.78, 5) is 22.5. The largest absolute Gasteiger partial charge is 0.480 e. The molecular weight excluding hydrogens is 236 g/mol. The van der Waals surface area contributed by atoms with Gasteiger partial charge in [0.25, 0.3) is 0 Å². The molecule has 6 heteroatoms. The van der Waals surface area contributed by atoms with E-state index in [1.54, 1.807) is 0 Å². The van der Waals surface area contributed by atoms with E-state index in [-0.39, 0.29) is 12.6 Å². The minimum Gasteiger partial charge on any atom is -0.480 e. The average Bonchev–Trinajstić information content (AvgIpc) is 2.57. The van der Waals surface area contributed by atoms with Gasteiger partial charge in [-0.2, -0.15) is 0 Å². The zero-order chi connectivity index (χ0) is 13.4. The molecule has 0 bridgehead atoms. The number of methoxy groups -OCH3 is 1. The Morgan fingerprint density at radius 2 is 1.89 bits per heavy atom. The van der Waals surface area contributed by atoms with Gasteiger partial charge in [-0.3, -0.25) is 0 Å². The molecule has 0 aromatic carbocycles. The van der Waals surface area contributed by atoms with Gasteiger partial charge in [-0.25, -0.2) is 9.59 Å². The number of ether oxygens (including phenoxy) is 1. The maximum absolute atomic E-state index is 11.7. The first kappa shape index (κ1) is 14.8. The van der Waals surface area contributed by atoms with Gasteiger partial charge in [-0.15, -0.1) is 0 Å². The molecule has 1 fully saturated rings. The van der Waals surface area contributed by atoms with E-state index in [9.17, 15) is 9.59 Å². The van der Waals surface area contributed by atoms with Crippen LogP contribution >= 0.6 is 0 Å². The van der Waals surface area contributed by atoms with Gasteiger partial charge >= 0.3 is 12.0 Å². The number of rotatable bonds is 5. The van der Waals surface area contributed by atoms with Gasteiger partial charge in [-0.1, -0.05) is 25.7 Å². The topological polar surface area (TPSA) is 87.7 Å². The molecule has 0 saturated heterocycles. The monoisotopic (exact) mass is 258 g/mol. The van der Waals surface area contributed by atoms with Crippen LogP contribution in [0.2, 0.25) is 0 Å². The van der Waals surface area contributed by atoms with Gasteiger partial charge in [0, 0.05) is 13.2 Å². The van der Waals surface area contributed by atoms with E-state index in [4.69, 9.17) is 9.84 Å². The van der Waals surface area contributed by atoms with Crippen LogP contribution in [-0.4, -0.2) is 42.9 Å². The summed E-state index contributed by atoms with van der Waals surface area (Å²) in [5.74, 6) is -1.09. The first-order valence-electron chi connectivity index (χ1n) is 6.42. The van der Waals surface area contributed by atoms with Crippen molar-refractivity contribution in [2.24, 2.45) is 0 Å². The van der Waals surface area contributed by atoms with Crippen LogP contribution in [0.25, 0.3) is 0 Å². The maximum Gasteiger partial charge on any atom is 0.328 e. The Morgan fingerprint density at radius 3 is 2.39 bits per heavy atom. The number of carbonyl (C=O) groups is 2. The molecule has 2 amide bonds. The summed E-state index contributed by atoms with van der Waals surface area (Å²) >= 11 is 0. The molecule has 1 aliphatic carbocycles. The summed E-state index contributed by atoms with van der Waals surface area (Å²) in [5.41, 5.74) is 0. The van der Waals surface area contributed by atoms with Crippen molar-refractivity contribution in [3.63, 3.8) is 0 Å². The molecule has 104 valence electrons. The Hall–Kier alpha value is -1.30. The van der Waals surface area contributed by atoms with Crippen molar-refractivity contribution in [3.05, 3.63) is 0 Å². The molecule has 1 unspecified atom stereocenters.